The first-order chi connectivity index (χ1) is 9.32. The smallest absolute Gasteiger partial charge is 0.233 e. The molecule has 1 N–H and O–H groups in total. The van der Waals surface area contributed by atoms with Crippen LogP contribution < -0.4 is 0 Å². The van der Waals surface area contributed by atoms with Crippen molar-refractivity contribution in [1.29, 1.82) is 0 Å². The molecule has 7 nitrogen and oxygen atoms in total. The Morgan fingerprint density at radius 1 is 1.47 bits per heavy atom. The fourth-order valence-electron chi connectivity index (χ4n) is 2.07. The van der Waals surface area contributed by atoms with Gasteiger partial charge < -0.3 is 14.6 Å². The van der Waals surface area contributed by atoms with Gasteiger partial charge in [-0.3, -0.25) is 4.98 Å². The maximum atomic E-state index is 9.21. The highest BCUT2D eigenvalue weighted by atomic mass is 16.7. The van der Waals surface area contributed by atoms with Crippen LogP contribution in [-0.4, -0.2) is 44.2 Å². The molecule has 0 spiro atoms. The van der Waals surface area contributed by atoms with Gasteiger partial charge >= 0.3 is 0 Å². The average Bonchev–Trinajstić information content (AvgIpc) is 3.10. The topological polar surface area (TPSA) is 82.3 Å². The summed E-state index contributed by atoms with van der Waals surface area (Å²) in [5, 5.41) is 13.3. The Bertz CT molecular complexity index is 519. The Kier molecular flexibility index (Phi) is 3.24. The Labute approximate surface area is 109 Å². The highest BCUT2D eigenvalue weighted by molar-refractivity contribution is 5.11. The summed E-state index contributed by atoms with van der Waals surface area (Å²) in [6.07, 6.45) is 4.36. The molecule has 0 aliphatic carbocycles. The van der Waals surface area contributed by atoms with Crippen molar-refractivity contribution >= 4 is 0 Å². The molecule has 0 radical (unpaired) electrons. The molecule has 100 valence electrons. The number of hydrogen-bond donors (Lipinski definition) is 1. The molecule has 7 heteroatoms. The number of aromatic nitrogens is 4. The van der Waals surface area contributed by atoms with Crippen LogP contribution in [0, 0.1) is 0 Å². The van der Waals surface area contributed by atoms with Crippen LogP contribution in [0.25, 0.3) is 0 Å². The minimum Gasteiger partial charge on any atom is -0.394 e. The minimum absolute atomic E-state index is 0.0913. The molecule has 1 saturated heterocycles. The van der Waals surface area contributed by atoms with Crippen molar-refractivity contribution in [3.05, 3.63) is 42.7 Å². The van der Waals surface area contributed by atoms with E-state index >= 15 is 0 Å². The molecule has 1 aliphatic heterocycles. The lowest BCUT2D eigenvalue weighted by Crippen LogP contribution is -2.35. The van der Waals surface area contributed by atoms with Crippen molar-refractivity contribution < 1.29 is 14.6 Å². The first-order valence-electron chi connectivity index (χ1n) is 5.99. The fraction of sp³-hybridized carbons (Fsp3) is 0.417. The highest BCUT2D eigenvalue weighted by Gasteiger charge is 2.45. The number of ether oxygens (including phenoxy) is 2. The normalized spacial score (nSPS) is 26.7. The molecule has 0 saturated carbocycles. The largest absolute Gasteiger partial charge is 0.394 e. The molecule has 3 heterocycles. The number of aliphatic hydroxyl groups excluding tert-OH is 1. The lowest BCUT2D eigenvalue weighted by atomic mass is 10.1. The summed E-state index contributed by atoms with van der Waals surface area (Å²) in [6.45, 7) is 0.564. The second-order valence-electron chi connectivity index (χ2n) is 4.29. The molecule has 0 aromatic carbocycles. The Morgan fingerprint density at radius 2 is 2.42 bits per heavy atom. The van der Waals surface area contributed by atoms with Crippen LogP contribution in [0.2, 0.25) is 0 Å². The average molecular weight is 262 g/mol. The number of pyridine rings is 1. The second kappa shape index (κ2) is 5.04. The third kappa shape index (κ3) is 2.35. The number of aliphatic hydroxyl groups is 1. The van der Waals surface area contributed by atoms with E-state index in [0.717, 1.165) is 0 Å². The minimum atomic E-state index is -1.03. The maximum Gasteiger partial charge on any atom is 0.233 e. The van der Waals surface area contributed by atoms with E-state index in [0.29, 0.717) is 18.8 Å². The van der Waals surface area contributed by atoms with Gasteiger partial charge in [0.05, 0.1) is 13.2 Å². The molecule has 2 aromatic heterocycles. The summed E-state index contributed by atoms with van der Waals surface area (Å²) in [7, 11) is 0. The summed E-state index contributed by atoms with van der Waals surface area (Å²) in [4.78, 5) is 8.19. The van der Waals surface area contributed by atoms with Crippen LogP contribution in [0.1, 0.15) is 5.69 Å². The van der Waals surface area contributed by atoms with Crippen LogP contribution in [0.3, 0.4) is 0 Å². The molecule has 0 bridgehead atoms. The van der Waals surface area contributed by atoms with Gasteiger partial charge in [-0.25, -0.2) is 9.67 Å². The summed E-state index contributed by atoms with van der Waals surface area (Å²) in [5.74, 6) is -1.03. The molecule has 0 amide bonds. The molecule has 1 fully saturated rings. The van der Waals surface area contributed by atoms with Crippen molar-refractivity contribution in [1.82, 2.24) is 19.7 Å². The zero-order valence-electron chi connectivity index (χ0n) is 10.2. The number of hydrogen-bond acceptors (Lipinski definition) is 6. The molecule has 19 heavy (non-hydrogen) atoms. The van der Waals surface area contributed by atoms with Gasteiger partial charge in [-0.05, 0) is 12.1 Å². The van der Waals surface area contributed by atoms with E-state index in [4.69, 9.17) is 9.47 Å². The predicted octanol–water partition coefficient (Wildman–Crippen LogP) is -0.0662. The van der Waals surface area contributed by atoms with Crippen LogP contribution in [0.4, 0.5) is 0 Å². The summed E-state index contributed by atoms with van der Waals surface area (Å²) in [6, 6.07) is 5.52. The van der Waals surface area contributed by atoms with Gasteiger partial charge in [0, 0.05) is 6.20 Å². The molecule has 1 aliphatic rings. The molecular weight excluding hydrogens is 248 g/mol. The van der Waals surface area contributed by atoms with Crippen molar-refractivity contribution in [2.24, 2.45) is 0 Å². The summed E-state index contributed by atoms with van der Waals surface area (Å²) in [5.41, 5.74) is 0.654. The van der Waals surface area contributed by atoms with Gasteiger partial charge in [-0.15, -0.1) is 0 Å². The van der Waals surface area contributed by atoms with Gasteiger partial charge in [0.25, 0.3) is 0 Å². The Morgan fingerprint density at radius 3 is 3.05 bits per heavy atom. The lowest BCUT2D eigenvalue weighted by molar-refractivity contribution is -0.194. The first kappa shape index (κ1) is 12.2. The number of nitrogens with zero attached hydrogens (tertiary/aromatic N) is 4. The third-order valence-electron chi connectivity index (χ3n) is 2.95. The third-order valence-corrected chi connectivity index (χ3v) is 2.95. The fourth-order valence-corrected chi connectivity index (χ4v) is 2.07. The second-order valence-corrected chi connectivity index (χ2v) is 4.29. The molecule has 0 unspecified atom stereocenters. The van der Waals surface area contributed by atoms with E-state index in [-0.39, 0.29) is 12.7 Å². The zero-order chi connectivity index (χ0) is 13.1. The quantitative estimate of drug-likeness (QED) is 0.830. The number of rotatable bonds is 4. The molecule has 2 aromatic rings. The summed E-state index contributed by atoms with van der Waals surface area (Å²) >= 11 is 0. The predicted molar refractivity (Wildman–Crippen MR) is 63.8 cm³/mol. The maximum absolute atomic E-state index is 9.21. The molecular formula is C12H14N4O3. The van der Waals surface area contributed by atoms with Crippen LogP contribution in [0.5, 0.6) is 0 Å². The van der Waals surface area contributed by atoms with Crippen LogP contribution >= 0.6 is 0 Å². The first-order valence-corrected chi connectivity index (χ1v) is 5.99. The highest BCUT2D eigenvalue weighted by Crippen LogP contribution is 2.34. The monoisotopic (exact) mass is 262 g/mol. The van der Waals surface area contributed by atoms with E-state index in [1.54, 1.807) is 17.2 Å². The van der Waals surface area contributed by atoms with Crippen LogP contribution in [-0.2, 0) is 21.8 Å². The van der Waals surface area contributed by atoms with E-state index < -0.39 is 5.79 Å². The Balaban J connectivity index is 1.92. The Hall–Kier alpha value is -1.83. The summed E-state index contributed by atoms with van der Waals surface area (Å²) < 4.78 is 13.2. The standard InChI is InChI=1S/C12H14N4O3/c17-5-10-6-18-12(19-10,7-16-9-13-8-15-16)11-3-1-2-4-14-11/h1-4,8-10,17H,5-7H2/t10-,12-/m1/s1. The van der Waals surface area contributed by atoms with E-state index in [1.807, 2.05) is 18.2 Å². The van der Waals surface area contributed by atoms with Gasteiger partial charge in [-0.1, -0.05) is 6.07 Å². The SMILES string of the molecule is OC[C@@H]1CO[C@@](Cn2cncn2)(c2ccccn2)O1. The van der Waals surface area contributed by atoms with E-state index in [1.165, 1.54) is 6.33 Å². The van der Waals surface area contributed by atoms with Gasteiger partial charge in [0.15, 0.2) is 0 Å². The van der Waals surface area contributed by atoms with Crippen molar-refractivity contribution in [3.63, 3.8) is 0 Å². The van der Waals surface area contributed by atoms with E-state index in [2.05, 4.69) is 15.1 Å². The molecule has 3 rings (SSSR count). The van der Waals surface area contributed by atoms with Gasteiger partial charge in [0.2, 0.25) is 5.79 Å². The van der Waals surface area contributed by atoms with Crippen molar-refractivity contribution in [2.45, 2.75) is 18.4 Å². The van der Waals surface area contributed by atoms with E-state index in [9.17, 15) is 5.11 Å². The van der Waals surface area contributed by atoms with Gasteiger partial charge in [0.1, 0.15) is 31.0 Å². The van der Waals surface area contributed by atoms with Gasteiger partial charge in [-0.2, -0.15) is 5.10 Å². The van der Waals surface area contributed by atoms with Crippen molar-refractivity contribution in [2.75, 3.05) is 13.2 Å². The zero-order valence-corrected chi connectivity index (χ0v) is 10.2. The molecule has 2 atom stereocenters. The van der Waals surface area contributed by atoms with Crippen molar-refractivity contribution in [3.8, 4) is 0 Å². The lowest BCUT2D eigenvalue weighted by Gasteiger charge is -2.26. The van der Waals surface area contributed by atoms with Crippen LogP contribution in [0.15, 0.2) is 37.1 Å².